The second kappa shape index (κ2) is 20.8. The average molecular weight is 448 g/mol. The maximum absolute atomic E-state index is 11.8. The zero-order valence-corrected chi connectivity index (χ0v) is 20.2. The van der Waals surface area contributed by atoms with Crippen molar-refractivity contribution in [2.75, 3.05) is 13.2 Å². The molecule has 0 bridgehead atoms. The molecule has 1 N–H and O–H groups in total. The minimum Gasteiger partial charge on any atom is -0.466 e. The summed E-state index contributed by atoms with van der Waals surface area (Å²) in [5, 5.41) is 2.66. The molecule has 0 heterocycles. The van der Waals surface area contributed by atoms with Crippen molar-refractivity contribution < 1.29 is 19.1 Å². The van der Waals surface area contributed by atoms with Gasteiger partial charge in [-0.1, -0.05) is 114 Å². The van der Waals surface area contributed by atoms with E-state index in [1.165, 1.54) is 70.6 Å². The molecule has 0 aliphatic heterocycles. The van der Waals surface area contributed by atoms with Crippen LogP contribution in [0, 0.1) is 0 Å². The van der Waals surface area contributed by atoms with Gasteiger partial charge in [-0.25, -0.2) is 4.79 Å². The van der Waals surface area contributed by atoms with Gasteiger partial charge in [-0.2, -0.15) is 0 Å². The van der Waals surface area contributed by atoms with Crippen LogP contribution in [0.2, 0.25) is 0 Å². The Kier molecular flexibility index (Phi) is 18.2. The van der Waals surface area contributed by atoms with Crippen molar-refractivity contribution >= 4 is 12.1 Å². The van der Waals surface area contributed by atoms with E-state index in [4.69, 9.17) is 9.47 Å². The fourth-order valence-corrected chi connectivity index (χ4v) is 3.58. The van der Waals surface area contributed by atoms with Gasteiger partial charge in [-0.15, -0.1) is 0 Å². The molecule has 0 atom stereocenters. The molecule has 1 aromatic rings. The van der Waals surface area contributed by atoms with Gasteiger partial charge in [0.05, 0.1) is 6.61 Å². The van der Waals surface area contributed by atoms with Gasteiger partial charge in [0.2, 0.25) is 0 Å². The normalized spacial score (nSPS) is 10.7. The number of alkyl carbamates (subject to hydrolysis) is 1. The van der Waals surface area contributed by atoms with E-state index in [0.717, 1.165) is 18.4 Å². The number of hydrogen-bond acceptors (Lipinski definition) is 4. The second-order valence-electron chi connectivity index (χ2n) is 8.56. The fraction of sp³-hybridized carbons (Fsp3) is 0.704. The van der Waals surface area contributed by atoms with E-state index >= 15 is 0 Å². The van der Waals surface area contributed by atoms with Crippen molar-refractivity contribution in [3.63, 3.8) is 0 Å². The van der Waals surface area contributed by atoms with Gasteiger partial charge in [0, 0.05) is 13.0 Å². The molecule has 0 radical (unpaired) electrons. The van der Waals surface area contributed by atoms with Crippen LogP contribution in [0.3, 0.4) is 0 Å². The van der Waals surface area contributed by atoms with Crippen LogP contribution in [-0.2, 0) is 20.9 Å². The Morgan fingerprint density at radius 2 is 1.28 bits per heavy atom. The van der Waals surface area contributed by atoms with Crippen molar-refractivity contribution in [3.05, 3.63) is 35.9 Å². The molecule has 0 unspecified atom stereocenters. The van der Waals surface area contributed by atoms with E-state index in [1.54, 1.807) is 0 Å². The van der Waals surface area contributed by atoms with Crippen LogP contribution in [0.25, 0.3) is 0 Å². The smallest absolute Gasteiger partial charge is 0.407 e. The molecule has 0 saturated heterocycles. The average Bonchev–Trinajstić information content (AvgIpc) is 2.81. The molecule has 0 fully saturated rings. The third kappa shape index (κ3) is 17.6. The molecule has 0 aromatic heterocycles. The number of ether oxygens (including phenoxy) is 2. The maximum atomic E-state index is 11.8. The Labute approximate surface area is 195 Å². The third-order valence-electron chi connectivity index (χ3n) is 5.55. The van der Waals surface area contributed by atoms with E-state index in [2.05, 4.69) is 12.2 Å². The van der Waals surface area contributed by atoms with E-state index in [1.807, 2.05) is 30.3 Å². The number of esters is 1. The first-order valence-corrected chi connectivity index (χ1v) is 12.8. The fourth-order valence-electron chi connectivity index (χ4n) is 3.58. The Morgan fingerprint density at radius 1 is 0.719 bits per heavy atom. The van der Waals surface area contributed by atoms with Crippen LogP contribution in [0.5, 0.6) is 0 Å². The Morgan fingerprint density at radius 3 is 1.88 bits per heavy atom. The van der Waals surface area contributed by atoms with Crippen molar-refractivity contribution in [1.29, 1.82) is 0 Å². The van der Waals surface area contributed by atoms with Crippen LogP contribution < -0.4 is 5.32 Å². The van der Waals surface area contributed by atoms with Crippen LogP contribution in [0.4, 0.5) is 4.79 Å². The first-order valence-electron chi connectivity index (χ1n) is 12.8. The standard InChI is InChI=1S/C27H45NO4/c1-2-3-4-5-6-7-8-9-10-11-12-13-17-23-31-26(29)21-18-22-28-27(30)32-24-25-19-15-14-16-20-25/h14-16,19-20H,2-13,17-18,21-24H2,1H3,(H,28,30). The molecule has 5 heteroatoms. The highest BCUT2D eigenvalue weighted by molar-refractivity contribution is 5.69. The highest BCUT2D eigenvalue weighted by Crippen LogP contribution is 2.12. The molecule has 1 rings (SSSR count). The van der Waals surface area contributed by atoms with E-state index < -0.39 is 6.09 Å². The summed E-state index contributed by atoms with van der Waals surface area (Å²) in [6, 6.07) is 9.53. The molecule has 5 nitrogen and oxygen atoms in total. The molecule has 32 heavy (non-hydrogen) atoms. The van der Waals surface area contributed by atoms with Gasteiger partial charge < -0.3 is 14.8 Å². The Bertz CT molecular complexity index is 576. The lowest BCUT2D eigenvalue weighted by molar-refractivity contribution is -0.143. The molecular weight excluding hydrogens is 402 g/mol. The van der Waals surface area contributed by atoms with Crippen LogP contribution in [-0.4, -0.2) is 25.2 Å². The maximum Gasteiger partial charge on any atom is 0.407 e. The number of carbonyl (C=O) groups excluding carboxylic acids is 2. The minimum atomic E-state index is -0.464. The van der Waals surface area contributed by atoms with Gasteiger partial charge in [-0.05, 0) is 18.4 Å². The SMILES string of the molecule is CCCCCCCCCCCCCCCOC(=O)CCCNC(=O)OCc1ccccc1. The molecular formula is C27H45NO4. The largest absolute Gasteiger partial charge is 0.466 e. The van der Waals surface area contributed by atoms with Gasteiger partial charge in [0.15, 0.2) is 0 Å². The Balaban J connectivity index is 1.80. The Hall–Kier alpha value is -2.04. The van der Waals surface area contributed by atoms with Gasteiger partial charge >= 0.3 is 12.1 Å². The number of unbranched alkanes of at least 4 members (excludes halogenated alkanes) is 12. The van der Waals surface area contributed by atoms with Crippen molar-refractivity contribution in [2.45, 2.75) is 110 Å². The molecule has 0 aliphatic rings. The van der Waals surface area contributed by atoms with Crippen molar-refractivity contribution in [1.82, 2.24) is 5.32 Å². The number of nitrogens with one attached hydrogen (secondary N) is 1. The number of benzene rings is 1. The number of amides is 1. The number of rotatable bonds is 20. The van der Waals surface area contributed by atoms with Gasteiger partial charge in [0.1, 0.15) is 6.61 Å². The summed E-state index contributed by atoms with van der Waals surface area (Å²) in [5.74, 6) is -0.191. The number of carbonyl (C=O) groups is 2. The summed E-state index contributed by atoms with van der Waals surface area (Å²) < 4.78 is 10.4. The molecule has 0 spiro atoms. The van der Waals surface area contributed by atoms with Crippen LogP contribution >= 0.6 is 0 Å². The van der Waals surface area contributed by atoms with Crippen LogP contribution in [0.1, 0.15) is 109 Å². The monoisotopic (exact) mass is 447 g/mol. The summed E-state index contributed by atoms with van der Waals surface area (Å²) in [5.41, 5.74) is 0.944. The van der Waals surface area contributed by atoms with Gasteiger partial charge in [-0.3, -0.25) is 4.79 Å². The van der Waals surface area contributed by atoms with Gasteiger partial charge in [0.25, 0.3) is 0 Å². The molecule has 182 valence electrons. The first-order chi connectivity index (χ1) is 15.7. The summed E-state index contributed by atoms with van der Waals surface area (Å²) in [7, 11) is 0. The minimum absolute atomic E-state index is 0.191. The highest BCUT2D eigenvalue weighted by atomic mass is 16.5. The highest BCUT2D eigenvalue weighted by Gasteiger charge is 2.05. The van der Waals surface area contributed by atoms with E-state index in [9.17, 15) is 9.59 Å². The van der Waals surface area contributed by atoms with E-state index in [0.29, 0.717) is 26.0 Å². The molecule has 0 saturated carbocycles. The predicted octanol–water partition coefficient (Wildman–Crippen LogP) is 7.33. The zero-order chi connectivity index (χ0) is 23.1. The molecule has 1 amide bonds. The lowest BCUT2D eigenvalue weighted by atomic mass is 10.0. The second-order valence-corrected chi connectivity index (χ2v) is 8.56. The summed E-state index contributed by atoms with van der Waals surface area (Å²) in [4.78, 5) is 23.4. The summed E-state index contributed by atoms with van der Waals surface area (Å²) in [6.07, 6.45) is 17.4. The lowest BCUT2D eigenvalue weighted by Gasteiger charge is -2.07. The van der Waals surface area contributed by atoms with Crippen LogP contribution in [0.15, 0.2) is 30.3 Å². The third-order valence-corrected chi connectivity index (χ3v) is 5.55. The first kappa shape index (κ1) is 28.0. The topological polar surface area (TPSA) is 64.6 Å². The summed E-state index contributed by atoms with van der Waals surface area (Å²) >= 11 is 0. The lowest BCUT2D eigenvalue weighted by Crippen LogP contribution is -2.25. The predicted molar refractivity (Wildman–Crippen MR) is 131 cm³/mol. The molecule has 0 aliphatic carbocycles. The quantitative estimate of drug-likeness (QED) is 0.168. The van der Waals surface area contributed by atoms with Crippen molar-refractivity contribution in [2.24, 2.45) is 0 Å². The van der Waals surface area contributed by atoms with E-state index in [-0.39, 0.29) is 12.6 Å². The number of hydrogen-bond donors (Lipinski definition) is 1. The zero-order valence-electron chi connectivity index (χ0n) is 20.2. The van der Waals surface area contributed by atoms with Crippen molar-refractivity contribution in [3.8, 4) is 0 Å². The molecule has 1 aromatic carbocycles. The summed E-state index contributed by atoms with van der Waals surface area (Å²) in [6.45, 7) is 3.41.